The Kier molecular flexibility index (Phi) is 4.99. The van der Waals surface area contributed by atoms with Crippen molar-refractivity contribution < 1.29 is 4.74 Å². The highest BCUT2D eigenvalue weighted by atomic mass is 32.1. The van der Waals surface area contributed by atoms with Gasteiger partial charge in [-0.3, -0.25) is 4.98 Å². The van der Waals surface area contributed by atoms with E-state index in [1.807, 2.05) is 0 Å². The summed E-state index contributed by atoms with van der Waals surface area (Å²) in [4.78, 5) is 11.0. The Bertz CT molecular complexity index is 353. The van der Waals surface area contributed by atoms with Gasteiger partial charge in [0.05, 0.1) is 0 Å². The Balaban J connectivity index is 2.53. The van der Waals surface area contributed by atoms with Crippen LogP contribution < -0.4 is 10.6 Å². The molecule has 0 aliphatic rings. The van der Waals surface area contributed by atoms with Crippen LogP contribution >= 0.6 is 12.2 Å². The van der Waals surface area contributed by atoms with E-state index in [9.17, 15) is 0 Å². The lowest BCUT2D eigenvalue weighted by Gasteiger charge is -2.06. The predicted octanol–water partition coefficient (Wildman–Crippen LogP) is 1.02. The van der Waals surface area contributed by atoms with Gasteiger partial charge < -0.3 is 15.4 Å². The van der Waals surface area contributed by atoms with Crippen LogP contribution in [0.3, 0.4) is 0 Å². The summed E-state index contributed by atoms with van der Waals surface area (Å²) in [6.45, 7) is 1.50. The normalized spacial score (nSPS) is 10.0. The highest BCUT2D eigenvalue weighted by molar-refractivity contribution is 7.71. The molecule has 1 heterocycles. The molecular formula is C8H15N5OS. The van der Waals surface area contributed by atoms with Crippen LogP contribution in [0.5, 0.6) is 0 Å². The van der Waals surface area contributed by atoms with Gasteiger partial charge in [-0.1, -0.05) is 0 Å². The van der Waals surface area contributed by atoms with E-state index in [1.165, 1.54) is 0 Å². The van der Waals surface area contributed by atoms with Gasteiger partial charge in [-0.15, -0.1) is 0 Å². The Morgan fingerprint density at radius 2 is 2.13 bits per heavy atom. The van der Waals surface area contributed by atoms with Crippen molar-refractivity contribution in [2.75, 3.05) is 37.9 Å². The molecule has 1 aromatic heterocycles. The van der Waals surface area contributed by atoms with Crippen molar-refractivity contribution in [1.29, 1.82) is 0 Å². The Morgan fingerprint density at radius 3 is 2.80 bits per heavy atom. The first-order valence-corrected chi connectivity index (χ1v) is 5.06. The SMILES string of the molecule is CNc1nc(=S)nc(NCCCOC)[nH]1. The van der Waals surface area contributed by atoms with E-state index in [0.29, 0.717) is 16.7 Å². The fourth-order valence-electron chi connectivity index (χ4n) is 1.01. The van der Waals surface area contributed by atoms with Gasteiger partial charge in [0, 0.05) is 27.3 Å². The summed E-state index contributed by atoms with van der Waals surface area (Å²) in [5.41, 5.74) is 0. The molecule has 0 unspecified atom stereocenters. The fraction of sp³-hybridized carbons (Fsp3) is 0.625. The van der Waals surface area contributed by atoms with Crippen molar-refractivity contribution in [2.45, 2.75) is 6.42 Å². The van der Waals surface area contributed by atoms with Gasteiger partial charge in [-0.2, -0.15) is 9.97 Å². The first-order chi connectivity index (χ1) is 7.26. The minimum atomic E-state index is 0.312. The molecule has 0 bridgehead atoms. The number of methoxy groups -OCH3 is 1. The number of rotatable bonds is 6. The second kappa shape index (κ2) is 6.31. The molecule has 0 fully saturated rings. The predicted molar refractivity (Wildman–Crippen MR) is 61.7 cm³/mol. The summed E-state index contributed by atoms with van der Waals surface area (Å²) < 4.78 is 5.24. The molecule has 6 nitrogen and oxygen atoms in total. The van der Waals surface area contributed by atoms with E-state index in [1.54, 1.807) is 14.2 Å². The third-order valence-electron chi connectivity index (χ3n) is 1.71. The first-order valence-electron chi connectivity index (χ1n) is 4.65. The molecule has 7 heteroatoms. The molecule has 1 aromatic rings. The summed E-state index contributed by atoms with van der Waals surface area (Å²) >= 11 is 4.91. The quantitative estimate of drug-likeness (QED) is 0.499. The number of hydrogen-bond acceptors (Lipinski definition) is 6. The lowest BCUT2D eigenvalue weighted by molar-refractivity contribution is 0.197. The van der Waals surface area contributed by atoms with E-state index in [4.69, 9.17) is 17.0 Å². The molecule has 0 atom stereocenters. The largest absolute Gasteiger partial charge is 0.385 e. The van der Waals surface area contributed by atoms with Gasteiger partial charge >= 0.3 is 0 Å². The summed E-state index contributed by atoms with van der Waals surface area (Å²) in [5.74, 6) is 1.22. The molecule has 1 rings (SSSR count). The third-order valence-corrected chi connectivity index (χ3v) is 1.89. The summed E-state index contributed by atoms with van der Waals surface area (Å²) in [6.07, 6.45) is 0.913. The van der Waals surface area contributed by atoms with Gasteiger partial charge in [0.1, 0.15) is 0 Å². The van der Waals surface area contributed by atoms with E-state index >= 15 is 0 Å². The Labute approximate surface area is 93.5 Å². The number of ether oxygens (including phenoxy) is 1. The highest BCUT2D eigenvalue weighted by Gasteiger charge is 1.97. The maximum absolute atomic E-state index is 4.93. The van der Waals surface area contributed by atoms with Crippen molar-refractivity contribution in [3.05, 3.63) is 4.77 Å². The third kappa shape index (κ3) is 4.22. The van der Waals surface area contributed by atoms with Crippen LogP contribution in [0, 0.1) is 4.77 Å². The van der Waals surface area contributed by atoms with E-state index in [0.717, 1.165) is 19.6 Å². The van der Waals surface area contributed by atoms with Crippen molar-refractivity contribution in [2.24, 2.45) is 0 Å². The molecule has 0 radical (unpaired) electrons. The molecule has 15 heavy (non-hydrogen) atoms. The molecule has 0 saturated carbocycles. The monoisotopic (exact) mass is 229 g/mol. The van der Waals surface area contributed by atoms with Gasteiger partial charge in [0.15, 0.2) is 0 Å². The number of aromatic amines is 1. The second-order valence-corrected chi connectivity index (χ2v) is 3.22. The molecule has 0 amide bonds. The van der Waals surface area contributed by atoms with Gasteiger partial charge in [-0.05, 0) is 18.6 Å². The first kappa shape index (κ1) is 11.9. The minimum Gasteiger partial charge on any atom is -0.385 e. The molecular weight excluding hydrogens is 214 g/mol. The molecule has 0 saturated heterocycles. The number of anilines is 2. The molecule has 0 aliphatic heterocycles. The van der Waals surface area contributed by atoms with Crippen LogP contribution in [0.2, 0.25) is 0 Å². The van der Waals surface area contributed by atoms with Crippen LogP contribution in [0.1, 0.15) is 6.42 Å². The molecule has 0 aromatic carbocycles. The summed E-state index contributed by atoms with van der Waals surface area (Å²) in [6, 6.07) is 0. The van der Waals surface area contributed by atoms with E-state index < -0.39 is 0 Å². The Morgan fingerprint density at radius 1 is 1.40 bits per heavy atom. The lowest BCUT2D eigenvalue weighted by atomic mass is 10.4. The fourth-order valence-corrected chi connectivity index (χ4v) is 1.19. The van der Waals surface area contributed by atoms with Crippen LogP contribution in [0.25, 0.3) is 0 Å². The standard InChI is InChI=1S/C8H15N5OS/c1-9-6-11-7(13-8(15)12-6)10-4-3-5-14-2/h3-5H2,1-2H3,(H3,9,10,11,12,13,15). The van der Waals surface area contributed by atoms with E-state index in [-0.39, 0.29) is 0 Å². The average Bonchev–Trinajstić information content (AvgIpc) is 2.23. The van der Waals surface area contributed by atoms with Crippen LogP contribution in [0.15, 0.2) is 0 Å². The second-order valence-electron chi connectivity index (χ2n) is 2.85. The van der Waals surface area contributed by atoms with Crippen LogP contribution in [0.4, 0.5) is 11.9 Å². The van der Waals surface area contributed by atoms with Crippen molar-refractivity contribution in [3.63, 3.8) is 0 Å². The number of hydrogen-bond donors (Lipinski definition) is 3. The summed E-state index contributed by atoms with van der Waals surface area (Å²) in [7, 11) is 3.44. The lowest BCUT2D eigenvalue weighted by Crippen LogP contribution is -2.09. The molecule has 0 spiro atoms. The smallest absolute Gasteiger partial charge is 0.225 e. The molecule has 84 valence electrons. The zero-order valence-electron chi connectivity index (χ0n) is 8.83. The number of nitrogens with one attached hydrogen (secondary N) is 3. The van der Waals surface area contributed by atoms with Crippen LogP contribution in [-0.2, 0) is 4.74 Å². The van der Waals surface area contributed by atoms with E-state index in [2.05, 4.69) is 25.6 Å². The maximum atomic E-state index is 4.93. The van der Waals surface area contributed by atoms with Crippen molar-refractivity contribution in [3.8, 4) is 0 Å². The zero-order chi connectivity index (χ0) is 11.1. The summed E-state index contributed by atoms with van der Waals surface area (Å²) in [5, 5.41) is 5.97. The van der Waals surface area contributed by atoms with Crippen molar-refractivity contribution >= 4 is 24.1 Å². The van der Waals surface area contributed by atoms with Crippen molar-refractivity contribution in [1.82, 2.24) is 15.0 Å². The van der Waals surface area contributed by atoms with Gasteiger partial charge in [0.2, 0.25) is 16.7 Å². The molecule has 0 aliphatic carbocycles. The minimum absolute atomic E-state index is 0.312. The van der Waals surface area contributed by atoms with Gasteiger partial charge in [-0.25, -0.2) is 0 Å². The van der Waals surface area contributed by atoms with Crippen LogP contribution in [-0.4, -0.2) is 42.3 Å². The zero-order valence-corrected chi connectivity index (χ0v) is 9.65. The number of nitrogens with zero attached hydrogens (tertiary/aromatic N) is 2. The topological polar surface area (TPSA) is 74.9 Å². The maximum Gasteiger partial charge on any atom is 0.225 e. The van der Waals surface area contributed by atoms with Gasteiger partial charge in [0.25, 0.3) is 0 Å². The highest BCUT2D eigenvalue weighted by Crippen LogP contribution is 2.01. The number of aromatic nitrogens is 3. The number of H-pyrrole nitrogens is 1. The Hall–Kier alpha value is -1.21. The average molecular weight is 229 g/mol. The molecule has 3 N–H and O–H groups in total.